The lowest BCUT2D eigenvalue weighted by Crippen LogP contribution is -1.93. The van der Waals surface area contributed by atoms with Gasteiger partial charge in [0.05, 0.1) is 0 Å². The fourth-order valence-electron chi connectivity index (χ4n) is 1.30. The molecule has 2 aromatic carbocycles. The van der Waals surface area contributed by atoms with E-state index in [1.165, 1.54) is 12.1 Å². The standard InChI is InChI=1S/C12H6ClF3OS/c13-18-9-5-10(15)12(11(16)6-9)17-8-3-1-7(14)2-4-8/h1-6H. The lowest BCUT2D eigenvalue weighted by Gasteiger charge is -2.08. The molecule has 2 aromatic rings. The van der Waals surface area contributed by atoms with Gasteiger partial charge >= 0.3 is 0 Å². The molecule has 0 amide bonds. The molecule has 0 radical (unpaired) electrons. The molecule has 0 saturated carbocycles. The zero-order valence-electron chi connectivity index (χ0n) is 8.79. The Hall–Kier alpha value is -1.33. The molecule has 2 rings (SSSR count). The predicted molar refractivity (Wildman–Crippen MR) is 64.5 cm³/mol. The Morgan fingerprint density at radius 3 is 2.00 bits per heavy atom. The number of benzene rings is 2. The maximum Gasteiger partial charge on any atom is 0.198 e. The number of ether oxygens (including phenoxy) is 1. The third-order valence-electron chi connectivity index (χ3n) is 2.09. The van der Waals surface area contributed by atoms with Gasteiger partial charge in [-0.3, -0.25) is 0 Å². The largest absolute Gasteiger partial charge is 0.451 e. The van der Waals surface area contributed by atoms with Gasteiger partial charge in [-0.25, -0.2) is 13.2 Å². The number of hydrogen-bond donors (Lipinski definition) is 0. The second kappa shape index (κ2) is 5.54. The van der Waals surface area contributed by atoms with Gasteiger partial charge in [0, 0.05) is 4.90 Å². The summed E-state index contributed by atoms with van der Waals surface area (Å²) in [4.78, 5) is 0.234. The molecule has 94 valence electrons. The fraction of sp³-hybridized carbons (Fsp3) is 0. The average Bonchev–Trinajstić information content (AvgIpc) is 2.35. The van der Waals surface area contributed by atoms with Gasteiger partial charge in [0.15, 0.2) is 17.4 Å². The van der Waals surface area contributed by atoms with Gasteiger partial charge in [-0.05, 0) is 58.1 Å². The summed E-state index contributed by atoms with van der Waals surface area (Å²) in [6.45, 7) is 0. The van der Waals surface area contributed by atoms with Crippen molar-refractivity contribution < 1.29 is 17.9 Å². The van der Waals surface area contributed by atoms with E-state index in [4.69, 9.17) is 15.4 Å². The van der Waals surface area contributed by atoms with Crippen molar-refractivity contribution in [3.8, 4) is 11.5 Å². The van der Waals surface area contributed by atoms with E-state index in [-0.39, 0.29) is 10.6 Å². The van der Waals surface area contributed by atoms with Crippen molar-refractivity contribution in [1.82, 2.24) is 0 Å². The smallest absolute Gasteiger partial charge is 0.198 e. The summed E-state index contributed by atoms with van der Waals surface area (Å²) in [5, 5.41) is 0. The van der Waals surface area contributed by atoms with Gasteiger partial charge in [-0.1, -0.05) is 0 Å². The van der Waals surface area contributed by atoms with Crippen LogP contribution in [-0.4, -0.2) is 0 Å². The summed E-state index contributed by atoms with van der Waals surface area (Å²) in [5.41, 5.74) is 0. The second-order valence-electron chi connectivity index (χ2n) is 3.35. The maximum absolute atomic E-state index is 13.6. The van der Waals surface area contributed by atoms with Crippen LogP contribution >= 0.6 is 21.7 Å². The Morgan fingerprint density at radius 2 is 1.50 bits per heavy atom. The normalized spacial score (nSPS) is 10.4. The second-order valence-corrected chi connectivity index (χ2v) is 4.44. The summed E-state index contributed by atoms with van der Waals surface area (Å²) < 4.78 is 44.8. The van der Waals surface area contributed by atoms with Gasteiger partial charge < -0.3 is 4.74 Å². The van der Waals surface area contributed by atoms with Gasteiger partial charge in [0.2, 0.25) is 0 Å². The van der Waals surface area contributed by atoms with Crippen LogP contribution in [0.2, 0.25) is 0 Å². The van der Waals surface area contributed by atoms with Crippen LogP contribution in [-0.2, 0) is 0 Å². The Balaban J connectivity index is 2.31. The third kappa shape index (κ3) is 2.91. The number of rotatable bonds is 3. The monoisotopic (exact) mass is 290 g/mol. The molecule has 0 atom stereocenters. The van der Waals surface area contributed by atoms with Crippen molar-refractivity contribution in [3.63, 3.8) is 0 Å². The van der Waals surface area contributed by atoms with Crippen molar-refractivity contribution in [2.24, 2.45) is 0 Å². The topological polar surface area (TPSA) is 9.23 Å². The molecule has 0 aromatic heterocycles. The minimum absolute atomic E-state index is 0.139. The molecule has 1 nitrogen and oxygen atoms in total. The summed E-state index contributed by atoms with van der Waals surface area (Å²) in [7, 11) is 6.10. The Kier molecular flexibility index (Phi) is 4.04. The molecule has 18 heavy (non-hydrogen) atoms. The first-order valence-corrected chi connectivity index (χ1v) is 6.45. The fourth-order valence-corrected chi connectivity index (χ4v) is 1.86. The third-order valence-corrected chi connectivity index (χ3v) is 3.04. The van der Waals surface area contributed by atoms with E-state index in [9.17, 15) is 13.2 Å². The van der Waals surface area contributed by atoms with E-state index in [0.29, 0.717) is 11.0 Å². The van der Waals surface area contributed by atoms with Gasteiger partial charge in [-0.2, -0.15) is 0 Å². The summed E-state index contributed by atoms with van der Waals surface area (Å²) >= 11 is 0. The van der Waals surface area contributed by atoms with Crippen LogP contribution in [0.4, 0.5) is 13.2 Å². The van der Waals surface area contributed by atoms with E-state index >= 15 is 0 Å². The van der Waals surface area contributed by atoms with E-state index in [1.807, 2.05) is 0 Å². The minimum Gasteiger partial charge on any atom is -0.451 e. The molecular formula is C12H6ClF3OS. The highest BCUT2D eigenvalue weighted by atomic mass is 35.7. The minimum atomic E-state index is -0.873. The molecule has 0 N–H and O–H groups in total. The van der Waals surface area contributed by atoms with Gasteiger partial charge in [0.1, 0.15) is 11.6 Å². The SMILES string of the molecule is Fc1ccc(Oc2c(F)cc(SCl)cc2F)cc1. The van der Waals surface area contributed by atoms with Crippen LogP contribution in [0.25, 0.3) is 0 Å². The lowest BCUT2D eigenvalue weighted by atomic mass is 10.3. The first-order chi connectivity index (χ1) is 8.60. The van der Waals surface area contributed by atoms with E-state index in [0.717, 1.165) is 24.3 Å². The van der Waals surface area contributed by atoms with E-state index in [1.54, 1.807) is 0 Å². The van der Waals surface area contributed by atoms with Crippen molar-refractivity contribution in [2.45, 2.75) is 4.90 Å². The molecule has 6 heteroatoms. The molecule has 0 bridgehead atoms. The summed E-state index contributed by atoms with van der Waals surface area (Å²) in [6.07, 6.45) is 0. The highest BCUT2D eigenvalue weighted by Gasteiger charge is 2.13. The average molecular weight is 291 g/mol. The molecule has 0 aliphatic heterocycles. The molecule has 0 fully saturated rings. The molecule has 0 spiro atoms. The summed E-state index contributed by atoms with van der Waals surface area (Å²) in [5.74, 6) is -2.61. The van der Waals surface area contributed by atoms with Gasteiger partial charge in [-0.15, -0.1) is 0 Å². The molecule has 0 saturated heterocycles. The zero-order valence-corrected chi connectivity index (χ0v) is 10.4. The highest BCUT2D eigenvalue weighted by molar-refractivity contribution is 8.21. The van der Waals surface area contributed by atoms with Crippen molar-refractivity contribution in [1.29, 1.82) is 0 Å². The molecular weight excluding hydrogens is 285 g/mol. The lowest BCUT2D eigenvalue weighted by molar-refractivity contribution is 0.405. The zero-order chi connectivity index (χ0) is 13.1. The van der Waals surface area contributed by atoms with E-state index < -0.39 is 23.2 Å². The van der Waals surface area contributed by atoms with Crippen molar-refractivity contribution >= 4 is 21.7 Å². The molecule has 0 heterocycles. The van der Waals surface area contributed by atoms with Crippen molar-refractivity contribution in [3.05, 3.63) is 53.8 Å². The van der Waals surface area contributed by atoms with Crippen LogP contribution < -0.4 is 4.74 Å². The summed E-state index contributed by atoms with van der Waals surface area (Å²) in [6, 6.07) is 6.93. The highest BCUT2D eigenvalue weighted by Crippen LogP contribution is 2.32. The molecule has 0 unspecified atom stereocenters. The predicted octanol–water partition coefficient (Wildman–Crippen LogP) is 5.14. The van der Waals surface area contributed by atoms with E-state index in [2.05, 4.69) is 0 Å². The van der Waals surface area contributed by atoms with Crippen LogP contribution in [0.5, 0.6) is 11.5 Å². The maximum atomic E-state index is 13.6. The number of halogens is 4. The molecule has 0 aliphatic carbocycles. The molecule has 0 aliphatic rings. The first kappa shape index (κ1) is 13.1. The van der Waals surface area contributed by atoms with Crippen LogP contribution in [0.3, 0.4) is 0 Å². The quantitative estimate of drug-likeness (QED) is 0.774. The Bertz CT molecular complexity index is 537. The Morgan fingerprint density at radius 1 is 0.944 bits per heavy atom. The van der Waals surface area contributed by atoms with Crippen LogP contribution in [0.1, 0.15) is 0 Å². The van der Waals surface area contributed by atoms with Crippen LogP contribution in [0.15, 0.2) is 41.3 Å². The van der Waals surface area contributed by atoms with Crippen molar-refractivity contribution in [2.75, 3.05) is 0 Å². The Labute approximate surface area is 110 Å². The number of hydrogen-bond acceptors (Lipinski definition) is 2. The van der Waals surface area contributed by atoms with Crippen LogP contribution in [0, 0.1) is 17.5 Å². The van der Waals surface area contributed by atoms with Gasteiger partial charge in [0.25, 0.3) is 0 Å². The first-order valence-electron chi connectivity index (χ1n) is 4.81.